The molecular formula is C45H36Br3F3N6O6. The van der Waals surface area contributed by atoms with Crippen LogP contribution in [0.5, 0.6) is 0 Å². The first-order valence-corrected chi connectivity index (χ1v) is 22.4. The average Bonchev–Trinajstić information content (AvgIpc) is 3.67. The Morgan fingerprint density at radius 2 is 0.730 bits per heavy atom. The molecule has 6 aliphatic rings. The molecule has 3 amide bonds. The van der Waals surface area contributed by atoms with Gasteiger partial charge in [0.25, 0.3) is 0 Å². The number of amides is 3. The number of benzene rings is 3. The van der Waals surface area contributed by atoms with E-state index in [9.17, 15) is 42.9 Å². The monoisotopic (exact) mass is 1050 g/mol. The molecule has 12 rings (SSSR count). The topological polar surface area (TPSA) is 160 Å². The van der Waals surface area contributed by atoms with E-state index in [1.807, 2.05) is 0 Å². The predicted octanol–water partition coefficient (Wildman–Crippen LogP) is 7.52. The number of aliphatic hydroxyl groups excluding tert-OH is 3. The molecule has 12 nitrogen and oxygen atoms in total. The predicted molar refractivity (Wildman–Crippen MR) is 239 cm³/mol. The number of hydrogen-bond acceptors (Lipinski definition) is 9. The van der Waals surface area contributed by atoms with Gasteiger partial charge >= 0.3 is 0 Å². The van der Waals surface area contributed by atoms with Crippen LogP contribution in [0.1, 0.15) is 55.2 Å². The van der Waals surface area contributed by atoms with Crippen LogP contribution in [0.15, 0.2) is 68.4 Å². The Hall–Kier alpha value is -4.59. The Morgan fingerprint density at radius 3 is 0.952 bits per heavy atom. The third kappa shape index (κ3) is 5.93. The molecule has 3 N–H and O–H groups in total. The van der Waals surface area contributed by atoms with E-state index < -0.39 is 34.6 Å². The number of likely N-dealkylation sites (N-methyl/N-ethyl adjacent to an activating group) is 3. The number of carbonyl (C=O) groups excluding carboxylic acids is 3. The molecule has 3 spiro atoms. The minimum atomic E-state index is -0.679. The quantitative estimate of drug-likeness (QED) is 0.140. The van der Waals surface area contributed by atoms with Crippen LogP contribution < -0.4 is 14.7 Å². The molecule has 63 heavy (non-hydrogen) atoms. The first kappa shape index (κ1) is 42.4. The molecule has 6 heterocycles. The van der Waals surface area contributed by atoms with E-state index in [0.29, 0.717) is 68.5 Å². The summed E-state index contributed by atoms with van der Waals surface area (Å²) in [4.78, 5) is 55.4. The van der Waals surface area contributed by atoms with Crippen molar-refractivity contribution in [1.29, 1.82) is 0 Å². The van der Waals surface area contributed by atoms with Crippen LogP contribution in [0.4, 0.5) is 30.2 Å². The van der Waals surface area contributed by atoms with Gasteiger partial charge in [-0.1, -0.05) is 0 Å². The molecule has 0 unspecified atom stereocenters. The van der Waals surface area contributed by atoms with Gasteiger partial charge in [0.1, 0.15) is 17.5 Å². The molecule has 3 aromatic heterocycles. The molecular weight excluding hydrogens is 1020 g/mol. The van der Waals surface area contributed by atoms with Gasteiger partial charge in [0.05, 0.1) is 100 Å². The van der Waals surface area contributed by atoms with E-state index in [1.54, 1.807) is 72.6 Å². The van der Waals surface area contributed by atoms with Gasteiger partial charge in [-0.15, -0.1) is 0 Å². The summed E-state index contributed by atoms with van der Waals surface area (Å²) in [6.07, 6.45) is 5.95. The summed E-state index contributed by atoms with van der Waals surface area (Å²) in [5, 5.41) is 31.5. The smallest absolute Gasteiger partial charge is 0.237 e. The molecule has 3 fully saturated rings. The highest BCUT2D eigenvalue weighted by molar-refractivity contribution is 9.11. The number of aromatic nitrogens is 3. The van der Waals surface area contributed by atoms with Crippen molar-refractivity contribution in [2.75, 3.05) is 35.8 Å². The van der Waals surface area contributed by atoms with Crippen molar-refractivity contribution >= 4 is 115 Å². The fraction of sp³-hybridized carbons (Fsp3) is 0.333. The van der Waals surface area contributed by atoms with Gasteiger partial charge in [0.15, 0.2) is 0 Å². The first-order valence-electron chi connectivity index (χ1n) is 20.1. The lowest BCUT2D eigenvalue weighted by Crippen LogP contribution is -2.51. The van der Waals surface area contributed by atoms with Crippen LogP contribution in [0.2, 0.25) is 0 Å². The Labute approximate surface area is 382 Å². The van der Waals surface area contributed by atoms with Gasteiger partial charge in [-0.25, -0.2) is 13.2 Å². The van der Waals surface area contributed by atoms with Gasteiger partial charge in [0.2, 0.25) is 17.7 Å². The summed E-state index contributed by atoms with van der Waals surface area (Å²) in [6, 6.07) is 9.13. The van der Waals surface area contributed by atoms with Crippen molar-refractivity contribution in [2.24, 2.45) is 0 Å². The van der Waals surface area contributed by atoms with Crippen LogP contribution >= 0.6 is 47.8 Å². The fourth-order valence-corrected chi connectivity index (χ4v) is 11.8. The molecule has 18 heteroatoms. The highest BCUT2D eigenvalue weighted by Crippen LogP contribution is 2.58. The van der Waals surface area contributed by atoms with Crippen LogP contribution in [0.25, 0.3) is 32.7 Å². The SMILES string of the molecule is CN1C(=O)C2(CC(O)C2)c2c1cnc1cc(F)c(Br)cc21.CN1C(=O)C2(CC(O)C2)c2c1cnc1cc(F)c(Br)cc21.CN1C(=O)C2(CC(O)C2)c2c1cnc1cc(F)c(Br)cc21. The summed E-state index contributed by atoms with van der Waals surface area (Å²) < 4.78 is 42.1. The first-order chi connectivity index (χ1) is 29.8. The highest BCUT2D eigenvalue weighted by Gasteiger charge is 2.60. The summed E-state index contributed by atoms with van der Waals surface area (Å²) in [5.74, 6) is -1.19. The van der Waals surface area contributed by atoms with E-state index in [-0.39, 0.29) is 35.2 Å². The zero-order chi connectivity index (χ0) is 44.8. The number of carbonyl (C=O) groups is 3. The minimum absolute atomic E-state index is 0.0162. The lowest BCUT2D eigenvalue weighted by molar-refractivity contribution is -0.131. The highest BCUT2D eigenvalue weighted by atomic mass is 79.9. The molecule has 3 aromatic carbocycles. The molecule has 0 bridgehead atoms. The van der Waals surface area contributed by atoms with Crippen molar-refractivity contribution < 1.29 is 42.9 Å². The van der Waals surface area contributed by atoms with Gasteiger partial charge in [-0.2, -0.15) is 0 Å². The van der Waals surface area contributed by atoms with E-state index in [1.165, 1.54) is 18.2 Å². The number of fused-ring (bicyclic) bond motifs is 12. The maximum atomic E-state index is 13.7. The van der Waals surface area contributed by atoms with Crippen LogP contribution in [-0.2, 0) is 30.6 Å². The molecule has 0 atom stereocenters. The number of nitrogens with zero attached hydrogens (tertiary/aromatic N) is 6. The van der Waals surface area contributed by atoms with Crippen molar-refractivity contribution in [3.63, 3.8) is 0 Å². The molecule has 0 saturated heterocycles. The molecule has 3 aliphatic carbocycles. The van der Waals surface area contributed by atoms with Gasteiger partial charge in [0, 0.05) is 72.2 Å². The van der Waals surface area contributed by atoms with Crippen LogP contribution in [0, 0.1) is 17.5 Å². The minimum Gasteiger partial charge on any atom is -0.393 e. The Bertz CT molecular complexity index is 2730. The van der Waals surface area contributed by atoms with Crippen molar-refractivity contribution in [3.05, 3.63) is 103 Å². The summed E-state index contributed by atoms with van der Waals surface area (Å²) >= 11 is 9.58. The van der Waals surface area contributed by atoms with Gasteiger partial charge in [-0.3, -0.25) is 29.3 Å². The second kappa shape index (κ2) is 14.5. The Balaban J connectivity index is 0.000000112. The molecule has 3 saturated carbocycles. The largest absolute Gasteiger partial charge is 0.393 e. The zero-order valence-electron chi connectivity index (χ0n) is 33.7. The van der Waals surface area contributed by atoms with E-state index >= 15 is 0 Å². The summed E-state index contributed by atoms with van der Waals surface area (Å²) in [5.41, 5.74) is 4.39. The fourth-order valence-electron chi connectivity index (χ4n) is 10.8. The average molecular weight is 1050 g/mol. The van der Waals surface area contributed by atoms with Crippen LogP contribution in [-0.4, -0.2) is 87.4 Å². The third-order valence-electron chi connectivity index (χ3n) is 13.8. The number of rotatable bonds is 0. The standard InChI is InChI=1S/3C15H12BrFN2O2/c3*1-19-12-6-18-11-3-10(17)9(16)2-8(11)13(12)15(14(19)21)4-7(20)5-15/h3*2-3,6-7,20H,4-5H2,1H3. The third-order valence-corrected chi connectivity index (χ3v) is 15.7. The maximum absolute atomic E-state index is 13.7. The lowest BCUT2D eigenvalue weighted by Gasteiger charge is -2.41. The van der Waals surface area contributed by atoms with E-state index in [0.717, 1.165) is 49.9 Å². The molecule has 0 radical (unpaired) electrons. The normalized spacial score (nSPS) is 27.3. The maximum Gasteiger partial charge on any atom is 0.237 e. The van der Waals surface area contributed by atoms with Crippen LogP contribution in [0.3, 0.4) is 0 Å². The zero-order valence-corrected chi connectivity index (χ0v) is 38.4. The Kier molecular flexibility index (Phi) is 9.72. The number of anilines is 3. The molecule has 324 valence electrons. The van der Waals surface area contributed by atoms with Crippen molar-refractivity contribution in [3.8, 4) is 0 Å². The number of aliphatic hydroxyl groups is 3. The summed E-state index contributed by atoms with van der Waals surface area (Å²) in [6.45, 7) is 0. The summed E-state index contributed by atoms with van der Waals surface area (Å²) in [7, 11) is 5.14. The van der Waals surface area contributed by atoms with Crippen molar-refractivity contribution in [2.45, 2.75) is 73.1 Å². The molecule has 3 aliphatic heterocycles. The molecule has 6 aromatic rings. The Morgan fingerprint density at radius 1 is 0.492 bits per heavy atom. The second-order valence-corrected chi connectivity index (χ2v) is 20.0. The number of halogens is 6. The van der Waals surface area contributed by atoms with Crippen molar-refractivity contribution in [1.82, 2.24) is 15.0 Å². The lowest BCUT2D eigenvalue weighted by atomic mass is 9.62. The van der Waals surface area contributed by atoms with E-state index in [2.05, 4.69) is 62.7 Å². The van der Waals surface area contributed by atoms with E-state index in [4.69, 9.17) is 0 Å². The van der Waals surface area contributed by atoms with Gasteiger partial charge in [-0.05, 0) is 105 Å². The number of pyridine rings is 3. The second-order valence-electron chi connectivity index (χ2n) is 17.4. The number of hydrogen-bond donors (Lipinski definition) is 3. The van der Waals surface area contributed by atoms with Gasteiger partial charge < -0.3 is 30.0 Å².